The van der Waals surface area contributed by atoms with E-state index < -0.39 is 51.4 Å². The fourth-order valence-corrected chi connectivity index (χ4v) is 2.64. The third-order valence-corrected chi connectivity index (χ3v) is 3.78. The Morgan fingerprint density at radius 2 is 1.08 bits per heavy atom. The molecule has 10 heteroatoms. The summed E-state index contributed by atoms with van der Waals surface area (Å²) in [7, 11) is -9.72. The van der Waals surface area contributed by atoms with Gasteiger partial charge >= 0.3 is 20.8 Å². The summed E-state index contributed by atoms with van der Waals surface area (Å²) < 4.78 is 117. The van der Waals surface area contributed by atoms with E-state index in [9.17, 15) is 16.8 Å². The molecule has 0 aliphatic rings. The van der Waals surface area contributed by atoms with E-state index in [2.05, 4.69) is 8.37 Å². The molecule has 0 aliphatic heterocycles. The molecule has 0 radical (unpaired) electrons. The van der Waals surface area contributed by atoms with Gasteiger partial charge in [0.05, 0.1) is 0 Å². The van der Waals surface area contributed by atoms with E-state index in [4.69, 9.17) is 17.3 Å². The summed E-state index contributed by atoms with van der Waals surface area (Å²) in [5.41, 5.74) is -3.16. The summed E-state index contributed by atoms with van der Waals surface area (Å²) in [6, 6.07) is 7.92. The number of hydrogen-bond acceptors (Lipinski definition) is 6. The van der Waals surface area contributed by atoms with Gasteiger partial charge in [0, 0.05) is 13.6 Å². The molecule has 8 nitrogen and oxygen atoms in total. The summed E-state index contributed by atoms with van der Waals surface area (Å²) in [6.07, 6.45) is 0. The van der Waals surface area contributed by atoms with Crippen LogP contribution in [0.25, 0.3) is 0 Å². The first kappa shape index (κ1) is 12.3. The molecule has 0 saturated carbocycles. The number of rotatable bonds is 6. The number of hydrogen-bond donors (Lipinski definition) is 2. The Bertz CT molecular complexity index is 1040. The van der Waals surface area contributed by atoms with Crippen molar-refractivity contribution in [1.29, 1.82) is 0 Å². The fraction of sp³-hybridized carbons (Fsp3) is 0.200. The van der Waals surface area contributed by atoms with Crippen LogP contribution >= 0.6 is 0 Å². The Kier molecular flexibility index (Phi) is 3.25. The molecular formula is C15H16O8S2. The zero-order chi connectivity index (χ0) is 23.9. The van der Waals surface area contributed by atoms with E-state index >= 15 is 0 Å². The van der Waals surface area contributed by atoms with Gasteiger partial charge in [-0.2, -0.15) is 16.8 Å². The summed E-state index contributed by atoms with van der Waals surface area (Å²) >= 11 is 0. The van der Waals surface area contributed by atoms with Crippen molar-refractivity contribution in [3.8, 4) is 11.5 Å². The summed E-state index contributed by atoms with van der Waals surface area (Å²) in [5, 5.41) is 0. The molecule has 0 aromatic heterocycles. The Hall–Kier alpha value is -2.14. The van der Waals surface area contributed by atoms with E-state index in [1.807, 2.05) is 0 Å². The largest absolute Gasteiger partial charge is 0.446 e. The normalized spacial score (nSPS) is 17.2. The topological polar surface area (TPSA) is 127 Å². The minimum Gasteiger partial charge on any atom is -0.362 e. The van der Waals surface area contributed by atoms with Crippen LogP contribution < -0.4 is 8.37 Å². The van der Waals surface area contributed by atoms with Gasteiger partial charge in [-0.05, 0) is 35.4 Å². The Balaban J connectivity index is 2.71. The van der Waals surface area contributed by atoms with Crippen LogP contribution in [0.2, 0.25) is 0 Å². The Morgan fingerprint density at radius 1 is 0.760 bits per heavy atom. The third-order valence-electron chi connectivity index (χ3n) is 2.98. The molecule has 136 valence electrons. The van der Waals surface area contributed by atoms with Gasteiger partial charge in [0.25, 0.3) is 0 Å². The highest BCUT2D eigenvalue weighted by Crippen LogP contribution is 2.33. The molecule has 2 rings (SSSR count). The lowest BCUT2D eigenvalue weighted by Gasteiger charge is -2.26. The average Bonchev–Trinajstić information content (AvgIpc) is 2.53. The molecule has 0 saturated heterocycles. The van der Waals surface area contributed by atoms with Crippen molar-refractivity contribution in [3.05, 3.63) is 59.7 Å². The van der Waals surface area contributed by atoms with Crippen molar-refractivity contribution >= 4 is 20.8 Å². The minimum absolute atomic E-state index is 0.265. The van der Waals surface area contributed by atoms with Gasteiger partial charge in [-0.1, -0.05) is 38.0 Å². The molecule has 0 unspecified atom stereocenters. The van der Waals surface area contributed by atoms with Gasteiger partial charge in [-0.15, -0.1) is 0 Å². The summed E-state index contributed by atoms with van der Waals surface area (Å²) in [4.78, 5) is 0. The van der Waals surface area contributed by atoms with E-state index in [0.717, 1.165) is 48.5 Å². The SMILES string of the molecule is [2H]C([2H])([2H])C(c1ccc(OS(=O)(=O)O)cc1)(c1ccc(OS(=O)(=O)O)cc1)C([2H])([2H])[2H]. The van der Waals surface area contributed by atoms with Gasteiger partial charge < -0.3 is 8.37 Å². The van der Waals surface area contributed by atoms with E-state index in [1.165, 1.54) is 0 Å². The zero-order valence-electron chi connectivity index (χ0n) is 18.3. The van der Waals surface area contributed by atoms with Crippen molar-refractivity contribution in [2.24, 2.45) is 0 Å². The molecule has 0 bridgehead atoms. The van der Waals surface area contributed by atoms with Gasteiger partial charge in [0.2, 0.25) is 0 Å². The van der Waals surface area contributed by atoms with Crippen molar-refractivity contribution in [2.75, 3.05) is 0 Å². The maximum atomic E-state index is 10.8. The lowest BCUT2D eigenvalue weighted by atomic mass is 9.78. The minimum atomic E-state index is -4.86. The molecule has 0 atom stereocenters. The second-order valence-corrected chi connectivity index (χ2v) is 6.87. The van der Waals surface area contributed by atoms with Crippen LogP contribution in [0.3, 0.4) is 0 Å². The molecule has 0 heterocycles. The first-order chi connectivity index (χ1) is 13.9. The second-order valence-electron chi connectivity index (χ2n) is 4.82. The first-order valence-electron chi connectivity index (χ1n) is 9.42. The molecule has 0 amide bonds. The Labute approximate surface area is 154 Å². The van der Waals surface area contributed by atoms with Crippen LogP contribution in [0, 0.1) is 0 Å². The molecular weight excluding hydrogens is 372 g/mol. The highest BCUT2D eigenvalue weighted by atomic mass is 32.3. The van der Waals surface area contributed by atoms with E-state index in [0.29, 0.717) is 0 Å². The second kappa shape index (κ2) is 6.64. The van der Waals surface area contributed by atoms with Gasteiger partial charge in [0.15, 0.2) is 0 Å². The van der Waals surface area contributed by atoms with Crippen molar-refractivity contribution < 1.29 is 42.5 Å². The average molecular weight is 394 g/mol. The molecule has 2 N–H and O–H groups in total. The first-order valence-corrected chi connectivity index (χ1v) is 9.15. The van der Waals surface area contributed by atoms with Crippen LogP contribution in [-0.4, -0.2) is 25.9 Å². The maximum Gasteiger partial charge on any atom is 0.446 e. The van der Waals surface area contributed by atoms with Crippen molar-refractivity contribution in [3.63, 3.8) is 0 Å². The highest BCUT2D eigenvalue weighted by Gasteiger charge is 2.23. The molecule has 0 spiro atoms. The summed E-state index contributed by atoms with van der Waals surface area (Å²) in [6.45, 7) is -6.34. The van der Waals surface area contributed by atoms with Crippen LogP contribution in [0.1, 0.15) is 33.1 Å². The smallest absolute Gasteiger partial charge is 0.362 e. The molecule has 0 aliphatic carbocycles. The van der Waals surface area contributed by atoms with Crippen LogP contribution in [-0.2, 0) is 26.2 Å². The van der Waals surface area contributed by atoms with Crippen LogP contribution in [0.15, 0.2) is 48.5 Å². The maximum absolute atomic E-state index is 10.8. The fourth-order valence-electron chi connectivity index (χ4n) is 1.93. The van der Waals surface area contributed by atoms with Crippen LogP contribution in [0.5, 0.6) is 11.5 Å². The number of benzene rings is 2. The molecule has 0 fully saturated rings. The molecule has 25 heavy (non-hydrogen) atoms. The molecule has 2 aromatic rings. The predicted molar refractivity (Wildman–Crippen MR) is 89.4 cm³/mol. The monoisotopic (exact) mass is 394 g/mol. The lowest BCUT2D eigenvalue weighted by molar-refractivity contribution is 0.384. The van der Waals surface area contributed by atoms with Gasteiger partial charge in [-0.25, -0.2) is 0 Å². The van der Waals surface area contributed by atoms with Crippen LogP contribution in [0.4, 0.5) is 0 Å². The van der Waals surface area contributed by atoms with Crippen molar-refractivity contribution in [2.45, 2.75) is 19.1 Å². The van der Waals surface area contributed by atoms with Crippen molar-refractivity contribution in [1.82, 2.24) is 0 Å². The standard InChI is InChI=1S/C15H16O8S2/c1-15(2,11-3-7-13(8-4-11)22-24(16,17)18)12-5-9-14(10-6-12)23-25(19,20)21/h3-10H,1-2H3,(H,16,17,18)(H,19,20,21)/i1D3,2D3. The van der Waals surface area contributed by atoms with E-state index in [-0.39, 0.29) is 11.1 Å². The quantitative estimate of drug-likeness (QED) is 0.715. The zero-order valence-corrected chi connectivity index (χ0v) is 13.9. The third kappa shape index (κ3) is 5.43. The highest BCUT2D eigenvalue weighted by molar-refractivity contribution is 7.81. The lowest BCUT2D eigenvalue weighted by Crippen LogP contribution is -2.19. The van der Waals surface area contributed by atoms with Gasteiger partial charge in [-0.3, -0.25) is 9.11 Å². The summed E-state index contributed by atoms with van der Waals surface area (Å²) in [5.74, 6) is -0.790. The predicted octanol–water partition coefficient (Wildman–Crippen LogP) is 2.38. The molecule has 2 aromatic carbocycles. The van der Waals surface area contributed by atoms with Gasteiger partial charge in [0.1, 0.15) is 11.5 Å². The van der Waals surface area contributed by atoms with E-state index in [1.54, 1.807) is 0 Å². The Morgan fingerprint density at radius 3 is 1.32 bits per heavy atom.